The van der Waals surface area contributed by atoms with E-state index in [1.54, 1.807) is 50.0 Å². The number of hydrogen-bond donors (Lipinski definition) is 1. The van der Waals surface area contributed by atoms with E-state index < -0.39 is 5.60 Å². The number of carbonyl (C=O) groups excluding carboxylic acids is 1. The van der Waals surface area contributed by atoms with Crippen molar-refractivity contribution in [2.75, 3.05) is 13.6 Å². The molecule has 2 rings (SSSR count). The molecule has 0 radical (unpaired) electrons. The van der Waals surface area contributed by atoms with Crippen molar-refractivity contribution in [2.45, 2.75) is 19.4 Å². The number of nitrogens with zero attached hydrogens (tertiary/aromatic N) is 4. The fourth-order valence-electron chi connectivity index (χ4n) is 1.83. The highest BCUT2D eigenvalue weighted by atomic mass is 16.3. The van der Waals surface area contributed by atoms with E-state index in [0.717, 1.165) is 0 Å². The van der Waals surface area contributed by atoms with Gasteiger partial charge in [0.15, 0.2) is 5.65 Å². The van der Waals surface area contributed by atoms with Crippen LogP contribution in [0.3, 0.4) is 0 Å². The lowest BCUT2D eigenvalue weighted by atomic mass is 10.1. The van der Waals surface area contributed by atoms with Gasteiger partial charge in [-0.1, -0.05) is 0 Å². The van der Waals surface area contributed by atoms with E-state index in [4.69, 9.17) is 0 Å². The second kappa shape index (κ2) is 4.38. The number of likely N-dealkylation sites (N-methyl/N-ethyl adjacent to an activating group) is 1. The van der Waals surface area contributed by atoms with Crippen LogP contribution in [0.5, 0.6) is 0 Å². The molecular weight excluding hydrogens is 232 g/mol. The molecular formula is C12H16N4O2. The molecule has 0 spiro atoms. The molecule has 6 heteroatoms. The fourth-order valence-corrected chi connectivity index (χ4v) is 1.83. The van der Waals surface area contributed by atoms with Crippen molar-refractivity contribution >= 4 is 11.6 Å². The van der Waals surface area contributed by atoms with Crippen LogP contribution in [-0.2, 0) is 0 Å². The molecule has 2 aromatic heterocycles. The Morgan fingerprint density at radius 3 is 2.89 bits per heavy atom. The standard InChI is InChI=1S/C12H16N4O2/c1-12(2,18)7-15(3)11(17)9-4-5-10-14-13-8-16(10)6-9/h4-6,8,18H,7H2,1-3H3. The summed E-state index contributed by atoms with van der Waals surface area (Å²) < 4.78 is 1.69. The summed E-state index contributed by atoms with van der Waals surface area (Å²) in [7, 11) is 1.66. The van der Waals surface area contributed by atoms with Gasteiger partial charge < -0.3 is 10.0 Å². The van der Waals surface area contributed by atoms with Gasteiger partial charge in [0.25, 0.3) is 5.91 Å². The topological polar surface area (TPSA) is 70.7 Å². The Hall–Kier alpha value is -1.95. The zero-order chi connectivity index (χ0) is 13.3. The van der Waals surface area contributed by atoms with Crippen molar-refractivity contribution in [1.82, 2.24) is 19.5 Å². The Morgan fingerprint density at radius 1 is 1.50 bits per heavy atom. The zero-order valence-electron chi connectivity index (χ0n) is 10.7. The summed E-state index contributed by atoms with van der Waals surface area (Å²) in [5.74, 6) is -0.146. The molecule has 6 nitrogen and oxygen atoms in total. The molecule has 0 bridgehead atoms. The number of aromatic nitrogens is 3. The van der Waals surface area contributed by atoms with Crippen LogP contribution < -0.4 is 0 Å². The molecule has 0 aliphatic carbocycles. The average Bonchev–Trinajstić information content (AvgIpc) is 2.72. The molecule has 1 amide bonds. The van der Waals surface area contributed by atoms with Crippen LogP contribution in [0.1, 0.15) is 24.2 Å². The lowest BCUT2D eigenvalue weighted by Gasteiger charge is -2.25. The molecule has 18 heavy (non-hydrogen) atoms. The second-order valence-corrected chi connectivity index (χ2v) is 4.99. The van der Waals surface area contributed by atoms with Crippen LogP contribution in [0, 0.1) is 0 Å². The summed E-state index contributed by atoms with van der Waals surface area (Å²) in [4.78, 5) is 13.6. The maximum Gasteiger partial charge on any atom is 0.255 e. The third-order valence-corrected chi connectivity index (χ3v) is 2.51. The Labute approximate surface area is 105 Å². The third-order valence-electron chi connectivity index (χ3n) is 2.51. The summed E-state index contributed by atoms with van der Waals surface area (Å²) in [5, 5.41) is 17.3. The Balaban J connectivity index is 2.22. The minimum absolute atomic E-state index is 0.146. The van der Waals surface area contributed by atoms with Crippen LogP contribution in [0.15, 0.2) is 24.7 Å². The number of rotatable bonds is 3. The first kappa shape index (κ1) is 12.5. The number of fused-ring (bicyclic) bond motifs is 1. The monoisotopic (exact) mass is 248 g/mol. The zero-order valence-corrected chi connectivity index (χ0v) is 10.7. The van der Waals surface area contributed by atoms with Gasteiger partial charge in [-0.05, 0) is 26.0 Å². The molecule has 0 fully saturated rings. The first-order valence-corrected chi connectivity index (χ1v) is 5.64. The van der Waals surface area contributed by atoms with Crippen LogP contribution in [0.4, 0.5) is 0 Å². The van der Waals surface area contributed by atoms with Gasteiger partial charge in [-0.15, -0.1) is 10.2 Å². The molecule has 0 saturated heterocycles. The van der Waals surface area contributed by atoms with Gasteiger partial charge in [-0.3, -0.25) is 9.20 Å². The minimum atomic E-state index is -0.912. The van der Waals surface area contributed by atoms with Crippen LogP contribution in [-0.4, -0.2) is 49.7 Å². The molecule has 96 valence electrons. The number of aliphatic hydroxyl groups is 1. The number of hydrogen-bond acceptors (Lipinski definition) is 4. The van der Waals surface area contributed by atoms with Gasteiger partial charge in [0, 0.05) is 19.8 Å². The number of carbonyl (C=O) groups is 1. The quantitative estimate of drug-likeness (QED) is 0.862. The molecule has 0 aliphatic heterocycles. The predicted octanol–water partition coefficient (Wildman–Crippen LogP) is 0.572. The molecule has 0 saturated carbocycles. The molecule has 2 heterocycles. The lowest BCUT2D eigenvalue weighted by Crippen LogP contribution is -2.39. The van der Waals surface area contributed by atoms with Crippen molar-refractivity contribution in [1.29, 1.82) is 0 Å². The van der Waals surface area contributed by atoms with Crippen molar-refractivity contribution in [3.63, 3.8) is 0 Å². The van der Waals surface area contributed by atoms with E-state index in [1.807, 2.05) is 0 Å². The second-order valence-electron chi connectivity index (χ2n) is 4.99. The maximum atomic E-state index is 12.1. The number of amides is 1. The smallest absolute Gasteiger partial charge is 0.255 e. The summed E-state index contributed by atoms with van der Waals surface area (Å²) in [6.45, 7) is 3.60. The predicted molar refractivity (Wildman–Crippen MR) is 66.2 cm³/mol. The van der Waals surface area contributed by atoms with Crippen molar-refractivity contribution in [2.24, 2.45) is 0 Å². The summed E-state index contributed by atoms with van der Waals surface area (Å²) in [6.07, 6.45) is 3.22. The Bertz CT molecular complexity index is 571. The van der Waals surface area contributed by atoms with E-state index >= 15 is 0 Å². The third kappa shape index (κ3) is 2.65. The van der Waals surface area contributed by atoms with Crippen LogP contribution in [0.25, 0.3) is 5.65 Å². The van der Waals surface area contributed by atoms with Gasteiger partial charge >= 0.3 is 0 Å². The summed E-state index contributed by atoms with van der Waals surface area (Å²) in [5.41, 5.74) is 0.316. The van der Waals surface area contributed by atoms with Crippen molar-refractivity contribution in [3.8, 4) is 0 Å². The lowest BCUT2D eigenvalue weighted by molar-refractivity contribution is 0.0367. The van der Waals surface area contributed by atoms with Crippen LogP contribution >= 0.6 is 0 Å². The Morgan fingerprint density at radius 2 is 2.22 bits per heavy atom. The van der Waals surface area contributed by atoms with Gasteiger partial charge in [0.2, 0.25) is 0 Å². The minimum Gasteiger partial charge on any atom is -0.389 e. The molecule has 2 aromatic rings. The van der Waals surface area contributed by atoms with Crippen molar-refractivity contribution in [3.05, 3.63) is 30.2 Å². The Kier molecular flexibility index (Phi) is 3.04. The first-order chi connectivity index (χ1) is 8.37. The molecule has 1 N–H and O–H groups in total. The van der Waals surface area contributed by atoms with E-state index in [1.165, 1.54) is 4.90 Å². The van der Waals surface area contributed by atoms with Gasteiger partial charge in [-0.2, -0.15) is 0 Å². The first-order valence-electron chi connectivity index (χ1n) is 5.64. The van der Waals surface area contributed by atoms with Crippen LogP contribution in [0.2, 0.25) is 0 Å². The average molecular weight is 248 g/mol. The van der Waals surface area contributed by atoms with Gasteiger partial charge in [-0.25, -0.2) is 0 Å². The molecule has 0 atom stereocenters. The number of pyridine rings is 1. The fraction of sp³-hybridized carbons (Fsp3) is 0.417. The van der Waals surface area contributed by atoms with E-state index in [-0.39, 0.29) is 12.5 Å². The highest BCUT2D eigenvalue weighted by Gasteiger charge is 2.20. The normalized spacial score (nSPS) is 11.8. The SMILES string of the molecule is CN(CC(C)(C)O)C(=O)c1ccc2nncn2c1. The largest absolute Gasteiger partial charge is 0.389 e. The highest BCUT2D eigenvalue weighted by molar-refractivity contribution is 5.94. The van der Waals surface area contributed by atoms with E-state index in [0.29, 0.717) is 11.2 Å². The maximum absolute atomic E-state index is 12.1. The van der Waals surface area contributed by atoms with Crippen molar-refractivity contribution < 1.29 is 9.90 Å². The van der Waals surface area contributed by atoms with E-state index in [9.17, 15) is 9.90 Å². The molecule has 0 unspecified atom stereocenters. The summed E-state index contributed by atoms with van der Waals surface area (Å²) >= 11 is 0. The van der Waals surface area contributed by atoms with E-state index in [2.05, 4.69) is 10.2 Å². The molecule has 0 aliphatic rings. The highest BCUT2D eigenvalue weighted by Crippen LogP contribution is 2.09. The summed E-state index contributed by atoms with van der Waals surface area (Å²) in [6, 6.07) is 3.44. The van der Waals surface area contributed by atoms with Gasteiger partial charge in [0.05, 0.1) is 11.2 Å². The molecule has 0 aromatic carbocycles. The van der Waals surface area contributed by atoms with Gasteiger partial charge in [0.1, 0.15) is 6.33 Å².